The van der Waals surface area contributed by atoms with Gasteiger partial charge in [0.1, 0.15) is 12.4 Å². The number of benzene rings is 2. The van der Waals surface area contributed by atoms with Crippen LogP contribution in [0.2, 0.25) is 0 Å². The topological polar surface area (TPSA) is 70.7 Å². The van der Waals surface area contributed by atoms with Crippen molar-refractivity contribution in [3.63, 3.8) is 0 Å². The van der Waals surface area contributed by atoms with Gasteiger partial charge in [0.2, 0.25) is 11.8 Å². The van der Waals surface area contributed by atoms with Gasteiger partial charge in [-0.2, -0.15) is 0 Å². The van der Waals surface area contributed by atoms with Crippen LogP contribution in [-0.4, -0.2) is 44.0 Å². The van der Waals surface area contributed by atoms with Gasteiger partial charge in [0.05, 0.1) is 6.54 Å². The van der Waals surface area contributed by atoms with Gasteiger partial charge in [-0.05, 0) is 60.9 Å². The average molecular weight is 396 g/mol. The molecule has 0 aliphatic rings. The molecule has 2 N–H and O–H groups in total. The molecule has 0 atom stereocenters. The van der Waals surface area contributed by atoms with Crippen molar-refractivity contribution in [1.29, 1.82) is 0 Å². The van der Waals surface area contributed by atoms with Crippen LogP contribution in [0.1, 0.15) is 18.9 Å². The Labute approximate surface area is 172 Å². The highest BCUT2D eigenvalue weighted by Crippen LogP contribution is 2.16. The smallest absolute Gasteiger partial charge is 0.243 e. The van der Waals surface area contributed by atoms with Crippen molar-refractivity contribution < 1.29 is 14.3 Å². The number of carbonyl (C=O) groups is 2. The SMILES string of the molecule is C=C(C)COc1ccc(NCC(=O)Nc2ccc(CCC(=O)N(C)C)cc2)cc1. The second-order valence-corrected chi connectivity index (χ2v) is 7.16. The summed E-state index contributed by atoms with van der Waals surface area (Å²) in [5.74, 6) is 0.724. The number of aryl methyl sites for hydroxylation is 1. The predicted molar refractivity (Wildman–Crippen MR) is 117 cm³/mol. The summed E-state index contributed by atoms with van der Waals surface area (Å²) in [5, 5.41) is 5.94. The van der Waals surface area contributed by atoms with E-state index in [0.717, 1.165) is 28.3 Å². The molecule has 0 saturated heterocycles. The number of amides is 2. The minimum Gasteiger partial charge on any atom is -0.489 e. The summed E-state index contributed by atoms with van der Waals surface area (Å²) in [6.07, 6.45) is 1.15. The van der Waals surface area contributed by atoms with Gasteiger partial charge in [-0.1, -0.05) is 18.7 Å². The zero-order valence-electron chi connectivity index (χ0n) is 17.3. The molecule has 0 saturated carbocycles. The number of anilines is 2. The monoisotopic (exact) mass is 395 g/mol. The van der Waals surface area contributed by atoms with Gasteiger partial charge in [-0.15, -0.1) is 0 Å². The Hall–Kier alpha value is -3.28. The zero-order valence-corrected chi connectivity index (χ0v) is 17.3. The molecule has 0 heterocycles. The molecule has 0 fully saturated rings. The average Bonchev–Trinajstić information content (AvgIpc) is 2.70. The number of ether oxygens (including phenoxy) is 1. The third-order valence-electron chi connectivity index (χ3n) is 4.16. The van der Waals surface area contributed by atoms with E-state index in [-0.39, 0.29) is 18.4 Å². The molecule has 0 aliphatic heterocycles. The molecule has 6 nitrogen and oxygen atoms in total. The number of carbonyl (C=O) groups excluding carboxylic acids is 2. The van der Waals surface area contributed by atoms with E-state index in [1.165, 1.54) is 0 Å². The molecule has 2 amide bonds. The molecular formula is C23H29N3O3. The fourth-order valence-corrected chi connectivity index (χ4v) is 2.49. The molecule has 0 aliphatic carbocycles. The van der Waals surface area contributed by atoms with Crippen molar-refractivity contribution in [2.45, 2.75) is 19.8 Å². The summed E-state index contributed by atoms with van der Waals surface area (Å²) in [6.45, 7) is 6.36. The lowest BCUT2D eigenvalue weighted by Gasteiger charge is -2.11. The summed E-state index contributed by atoms with van der Waals surface area (Å²) >= 11 is 0. The Morgan fingerprint density at radius 1 is 1.00 bits per heavy atom. The highest BCUT2D eigenvalue weighted by Gasteiger charge is 2.06. The van der Waals surface area contributed by atoms with Crippen LogP contribution in [-0.2, 0) is 16.0 Å². The Morgan fingerprint density at radius 2 is 1.62 bits per heavy atom. The molecule has 0 unspecified atom stereocenters. The fraction of sp³-hybridized carbons (Fsp3) is 0.304. The normalized spacial score (nSPS) is 10.2. The molecule has 0 radical (unpaired) electrons. The third-order valence-corrected chi connectivity index (χ3v) is 4.16. The van der Waals surface area contributed by atoms with Crippen LogP contribution in [0.4, 0.5) is 11.4 Å². The van der Waals surface area contributed by atoms with Gasteiger partial charge in [-0.3, -0.25) is 9.59 Å². The van der Waals surface area contributed by atoms with Crippen molar-refractivity contribution in [2.75, 3.05) is 37.9 Å². The number of hydrogen-bond donors (Lipinski definition) is 2. The van der Waals surface area contributed by atoms with Crippen LogP contribution in [0.3, 0.4) is 0 Å². The van der Waals surface area contributed by atoms with Crippen LogP contribution >= 0.6 is 0 Å². The van der Waals surface area contributed by atoms with Gasteiger partial charge in [0.15, 0.2) is 0 Å². The molecule has 29 heavy (non-hydrogen) atoms. The molecular weight excluding hydrogens is 366 g/mol. The summed E-state index contributed by atoms with van der Waals surface area (Å²) in [6, 6.07) is 15.0. The number of hydrogen-bond acceptors (Lipinski definition) is 4. The maximum absolute atomic E-state index is 12.1. The van der Waals surface area contributed by atoms with E-state index in [4.69, 9.17) is 4.74 Å². The number of nitrogens with zero attached hydrogens (tertiary/aromatic N) is 1. The van der Waals surface area contributed by atoms with Crippen molar-refractivity contribution in [2.24, 2.45) is 0 Å². The van der Waals surface area contributed by atoms with Crippen LogP contribution in [0.25, 0.3) is 0 Å². The first-order chi connectivity index (χ1) is 13.8. The first-order valence-corrected chi connectivity index (χ1v) is 9.53. The summed E-state index contributed by atoms with van der Waals surface area (Å²) < 4.78 is 5.55. The maximum atomic E-state index is 12.1. The molecule has 0 aromatic heterocycles. The van der Waals surface area contributed by atoms with Crippen LogP contribution in [0.15, 0.2) is 60.7 Å². The lowest BCUT2D eigenvalue weighted by atomic mass is 10.1. The minimum absolute atomic E-state index is 0.101. The molecule has 2 aromatic carbocycles. The standard InChI is InChI=1S/C23H29N3O3/c1-17(2)16-29-21-12-10-19(11-13-21)24-15-22(27)25-20-8-5-18(6-9-20)7-14-23(28)26(3)4/h5-6,8-13,24H,1,7,14-16H2,2-4H3,(H,25,27). The van der Waals surface area contributed by atoms with E-state index < -0.39 is 0 Å². The van der Waals surface area contributed by atoms with Crippen molar-refractivity contribution >= 4 is 23.2 Å². The van der Waals surface area contributed by atoms with Crippen molar-refractivity contribution in [3.05, 3.63) is 66.2 Å². The predicted octanol–water partition coefficient (Wildman–Crippen LogP) is 3.71. The van der Waals surface area contributed by atoms with E-state index >= 15 is 0 Å². The van der Waals surface area contributed by atoms with E-state index in [2.05, 4.69) is 17.2 Å². The molecule has 0 bridgehead atoms. The van der Waals surface area contributed by atoms with E-state index in [1.54, 1.807) is 19.0 Å². The molecule has 2 rings (SSSR count). The molecule has 2 aromatic rings. The zero-order chi connectivity index (χ0) is 21.2. The largest absolute Gasteiger partial charge is 0.489 e. The lowest BCUT2D eigenvalue weighted by molar-refractivity contribution is -0.128. The number of nitrogens with one attached hydrogen (secondary N) is 2. The minimum atomic E-state index is -0.136. The lowest BCUT2D eigenvalue weighted by Crippen LogP contribution is -2.22. The summed E-state index contributed by atoms with van der Waals surface area (Å²) in [4.78, 5) is 25.4. The maximum Gasteiger partial charge on any atom is 0.243 e. The molecule has 0 spiro atoms. The quantitative estimate of drug-likeness (QED) is 0.602. The van der Waals surface area contributed by atoms with Gasteiger partial charge in [0, 0.05) is 31.9 Å². The summed E-state index contributed by atoms with van der Waals surface area (Å²) in [5.41, 5.74) is 3.58. The first-order valence-electron chi connectivity index (χ1n) is 9.53. The van der Waals surface area contributed by atoms with Gasteiger partial charge >= 0.3 is 0 Å². The Balaban J connectivity index is 1.76. The van der Waals surface area contributed by atoms with E-state index in [9.17, 15) is 9.59 Å². The molecule has 154 valence electrons. The Kier molecular flexibility index (Phi) is 8.27. The second kappa shape index (κ2) is 10.9. The highest BCUT2D eigenvalue weighted by molar-refractivity contribution is 5.93. The van der Waals surface area contributed by atoms with Crippen molar-refractivity contribution in [1.82, 2.24) is 4.90 Å². The van der Waals surface area contributed by atoms with E-state index in [0.29, 0.717) is 19.4 Å². The van der Waals surface area contributed by atoms with Crippen LogP contribution in [0, 0.1) is 0 Å². The fourth-order valence-electron chi connectivity index (χ4n) is 2.49. The molecule has 6 heteroatoms. The van der Waals surface area contributed by atoms with E-state index in [1.807, 2.05) is 55.5 Å². The third kappa shape index (κ3) is 8.09. The Bertz CT molecular complexity index is 827. The van der Waals surface area contributed by atoms with Gasteiger partial charge in [-0.25, -0.2) is 0 Å². The number of rotatable bonds is 10. The Morgan fingerprint density at radius 3 is 2.21 bits per heavy atom. The van der Waals surface area contributed by atoms with Gasteiger partial charge < -0.3 is 20.3 Å². The highest BCUT2D eigenvalue weighted by atomic mass is 16.5. The van der Waals surface area contributed by atoms with Crippen molar-refractivity contribution in [3.8, 4) is 5.75 Å². The van der Waals surface area contributed by atoms with Crippen LogP contribution in [0.5, 0.6) is 5.75 Å². The first kappa shape index (κ1) is 22.0. The van der Waals surface area contributed by atoms with Gasteiger partial charge in [0.25, 0.3) is 0 Å². The summed E-state index contributed by atoms with van der Waals surface area (Å²) in [7, 11) is 3.50. The second-order valence-electron chi connectivity index (χ2n) is 7.16. The van der Waals surface area contributed by atoms with Crippen LogP contribution < -0.4 is 15.4 Å².